The van der Waals surface area contributed by atoms with Crippen molar-refractivity contribution in [3.63, 3.8) is 0 Å². The number of nitrogens with zero attached hydrogens (tertiary/aromatic N) is 2. The molecule has 106 valence electrons. The van der Waals surface area contributed by atoms with E-state index >= 15 is 0 Å². The molecule has 0 aliphatic heterocycles. The maximum atomic E-state index is 4.93. The van der Waals surface area contributed by atoms with Gasteiger partial charge in [0.15, 0.2) is 0 Å². The summed E-state index contributed by atoms with van der Waals surface area (Å²) in [5.41, 5.74) is 2.11. The van der Waals surface area contributed by atoms with E-state index in [1.54, 1.807) is 22.7 Å². The molecule has 4 aromatic heterocycles. The Hall–Kier alpha value is -2.17. The third-order valence-corrected chi connectivity index (χ3v) is 5.96. The minimum Gasteiger partial charge on any atom is -0.290 e. The molecule has 5 aromatic rings. The molecular formula is C18H12N2S2. The Morgan fingerprint density at radius 3 is 2.64 bits per heavy atom. The zero-order valence-electron chi connectivity index (χ0n) is 11.9. The second kappa shape index (κ2) is 4.41. The Bertz CT molecular complexity index is 1140. The van der Waals surface area contributed by atoms with Crippen molar-refractivity contribution in [3.8, 4) is 10.6 Å². The molecule has 0 saturated carbocycles. The second-order valence-electron chi connectivity index (χ2n) is 5.42. The lowest BCUT2D eigenvalue weighted by molar-refractivity contribution is 1.29. The molecule has 0 aliphatic rings. The molecule has 0 spiro atoms. The molecule has 0 atom stereocenters. The van der Waals surface area contributed by atoms with Gasteiger partial charge in [-0.3, -0.25) is 4.40 Å². The highest BCUT2D eigenvalue weighted by Gasteiger charge is 2.13. The number of imidazole rings is 1. The molecule has 0 unspecified atom stereocenters. The molecule has 0 bridgehead atoms. The first-order valence-electron chi connectivity index (χ1n) is 7.15. The predicted molar refractivity (Wildman–Crippen MR) is 96.1 cm³/mol. The van der Waals surface area contributed by atoms with E-state index in [4.69, 9.17) is 4.98 Å². The van der Waals surface area contributed by atoms with Gasteiger partial charge in [-0.25, -0.2) is 4.98 Å². The van der Waals surface area contributed by atoms with Gasteiger partial charge in [0.2, 0.25) is 0 Å². The van der Waals surface area contributed by atoms with Crippen LogP contribution in [0.5, 0.6) is 0 Å². The van der Waals surface area contributed by atoms with Gasteiger partial charge in [0, 0.05) is 21.8 Å². The van der Waals surface area contributed by atoms with Crippen LogP contribution in [0.2, 0.25) is 0 Å². The average Bonchev–Trinajstić information content (AvgIpc) is 3.25. The van der Waals surface area contributed by atoms with Gasteiger partial charge in [-0.1, -0.05) is 24.3 Å². The summed E-state index contributed by atoms with van der Waals surface area (Å²) in [4.78, 5) is 8.75. The summed E-state index contributed by atoms with van der Waals surface area (Å²) >= 11 is 3.57. The number of aromatic nitrogens is 2. The lowest BCUT2D eigenvalue weighted by Gasteiger charge is -2.03. The van der Waals surface area contributed by atoms with E-state index in [0.29, 0.717) is 0 Å². The lowest BCUT2D eigenvalue weighted by Crippen LogP contribution is -1.86. The fraction of sp³-hybridized carbons (Fsp3) is 0.0556. The van der Waals surface area contributed by atoms with Crippen LogP contribution in [-0.4, -0.2) is 9.38 Å². The third-order valence-electron chi connectivity index (χ3n) is 4.02. The SMILES string of the molecule is Cc1ccc(-c2cn3c(n2)c2ccccc2c2ccsc23)s1. The third kappa shape index (κ3) is 1.62. The van der Waals surface area contributed by atoms with Crippen LogP contribution < -0.4 is 0 Å². The van der Waals surface area contributed by atoms with E-state index in [0.717, 1.165) is 11.3 Å². The van der Waals surface area contributed by atoms with Crippen LogP contribution in [0, 0.1) is 6.92 Å². The first kappa shape index (κ1) is 12.4. The molecule has 0 amide bonds. The minimum atomic E-state index is 1.05. The molecule has 4 heterocycles. The van der Waals surface area contributed by atoms with Crippen molar-refractivity contribution in [3.05, 3.63) is 58.9 Å². The molecule has 2 nitrogen and oxygen atoms in total. The van der Waals surface area contributed by atoms with Gasteiger partial charge in [0.25, 0.3) is 0 Å². The number of hydrogen-bond donors (Lipinski definition) is 0. The summed E-state index contributed by atoms with van der Waals surface area (Å²) < 4.78 is 2.24. The van der Waals surface area contributed by atoms with Gasteiger partial charge >= 0.3 is 0 Å². The van der Waals surface area contributed by atoms with Crippen molar-refractivity contribution in [2.24, 2.45) is 0 Å². The monoisotopic (exact) mass is 320 g/mol. The van der Waals surface area contributed by atoms with Crippen LogP contribution in [0.15, 0.2) is 54.0 Å². The van der Waals surface area contributed by atoms with E-state index in [2.05, 4.69) is 65.4 Å². The van der Waals surface area contributed by atoms with Gasteiger partial charge in [-0.2, -0.15) is 0 Å². The number of pyridine rings is 1. The lowest BCUT2D eigenvalue weighted by atomic mass is 10.1. The molecular weight excluding hydrogens is 308 g/mol. The second-order valence-corrected chi connectivity index (χ2v) is 7.60. The normalized spacial score (nSPS) is 11.9. The summed E-state index contributed by atoms with van der Waals surface area (Å²) in [7, 11) is 0. The number of fused-ring (bicyclic) bond motifs is 6. The predicted octanol–water partition coefficient (Wildman–Crippen LogP) is 5.74. The summed E-state index contributed by atoms with van der Waals surface area (Å²) in [6.07, 6.45) is 2.17. The van der Waals surface area contributed by atoms with Crippen LogP contribution >= 0.6 is 22.7 Å². The zero-order chi connectivity index (χ0) is 14.7. The Kier molecular flexibility index (Phi) is 2.48. The van der Waals surface area contributed by atoms with Crippen LogP contribution in [0.4, 0.5) is 0 Å². The molecule has 0 N–H and O–H groups in total. The minimum absolute atomic E-state index is 1.05. The molecule has 0 aliphatic carbocycles. The smallest absolute Gasteiger partial charge is 0.146 e. The first-order valence-corrected chi connectivity index (χ1v) is 8.85. The highest BCUT2D eigenvalue weighted by Crippen LogP contribution is 2.35. The summed E-state index contributed by atoms with van der Waals surface area (Å²) in [5.74, 6) is 0. The maximum absolute atomic E-state index is 4.93. The molecule has 5 rings (SSSR count). The van der Waals surface area contributed by atoms with E-state index < -0.39 is 0 Å². The van der Waals surface area contributed by atoms with Gasteiger partial charge < -0.3 is 0 Å². The van der Waals surface area contributed by atoms with Crippen molar-refractivity contribution in [1.29, 1.82) is 0 Å². The summed E-state index contributed by atoms with van der Waals surface area (Å²) in [6, 6.07) is 15.1. The molecule has 4 heteroatoms. The van der Waals surface area contributed by atoms with Crippen molar-refractivity contribution in [2.75, 3.05) is 0 Å². The van der Waals surface area contributed by atoms with Crippen LogP contribution in [0.3, 0.4) is 0 Å². The molecule has 0 radical (unpaired) electrons. The largest absolute Gasteiger partial charge is 0.290 e. The van der Waals surface area contributed by atoms with Crippen molar-refractivity contribution >= 4 is 49.3 Å². The Morgan fingerprint density at radius 1 is 0.955 bits per heavy atom. The van der Waals surface area contributed by atoms with Crippen molar-refractivity contribution in [1.82, 2.24) is 9.38 Å². The fourth-order valence-corrected chi connectivity index (χ4v) is 4.73. The van der Waals surface area contributed by atoms with Gasteiger partial charge in [-0.15, -0.1) is 22.7 Å². The highest BCUT2D eigenvalue weighted by molar-refractivity contribution is 7.17. The van der Waals surface area contributed by atoms with E-state index in [1.807, 2.05) is 0 Å². The average molecular weight is 320 g/mol. The number of rotatable bonds is 1. The van der Waals surface area contributed by atoms with Gasteiger partial charge in [-0.05, 0) is 35.9 Å². The summed E-state index contributed by atoms with van der Waals surface area (Å²) in [5, 5.41) is 5.96. The Balaban J connectivity index is 1.97. The number of aryl methyl sites for hydroxylation is 1. The van der Waals surface area contributed by atoms with Crippen LogP contribution in [0.1, 0.15) is 4.88 Å². The van der Waals surface area contributed by atoms with E-state index in [-0.39, 0.29) is 0 Å². The molecule has 0 saturated heterocycles. The van der Waals surface area contributed by atoms with Crippen LogP contribution in [0.25, 0.3) is 37.2 Å². The maximum Gasteiger partial charge on any atom is 0.146 e. The van der Waals surface area contributed by atoms with Gasteiger partial charge in [0.1, 0.15) is 10.5 Å². The molecule has 0 fully saturated rings. The first-order chi connectivity index (χ1) is 10.8. The number of thiophene rings is 2. The van der Waals surface area contributed by atoms with E-state index in [1.165, 1.54) is 30.7 Å². The van der Waals surface area contributed by atoms with Crippen LogP contribution in [-0.2, 0) is 0 Å². The number of benzene rings is 1. The highest BCUT2D eigenvalue weighted by atomic mass is 32.1. The van der Waals surface area contributed by atoms with Crippen molar-refractivity contribution in [2.45, 2.75) is 6.92 Å². The van der Waals surface area contributed by atoms with E-state index in [9.17, 15) is 0 Å². The quantitative estimate of drug-likeness (QED) is 0.385. The molecule has 22 heavy (non-hydrogen) atoms. The zero-order valence-corrected chi connectivity index (χ0v) is 13.5. The fourth-order valence-electron chi connectivity index (χ4n) is 3.02. The number of hydrogen-bond acceptors (Lipinski definition) is 3. The summed E-state index contributed by atoms with van der Waals surface area (Å²) in [6.45, 7) is 2.14. The topological polar surface area (TPSA) is 17.3 Å². The van der Waals surface area contributed by atoms with Gasteiger partial charge in [0.05, 0.1) is 10.6 Å². The Morgan fingerprint density at radius 2 is 1.82 bits per heavy atom. The Labute approximate surface area is 135 Å². The standard InChI is InChI=1S/C18H12N2S2/c1-11-6-7-16(22-11)15-10-20-17(19-15)13-5-3-2-4-12(13)14-8-9-21-18(14)20/h2-10H,1H3. The molecule has 1 aromatic carbocycles. The van der Waals surface area contributed by atoms with Crippen molar-refractivity contribution < 1.29 is 0 Å².